The second-order valence-corrected chi connectivity index (χ2v) is 5.98. The van der Waals surface area contributed by atoms with E-state index in [-0.39, 0.29) is 17.7 Å². The van der Waals surface area contributed by atoms with Crippen LogP contribution in [0.1, 0.15) is 32.2 Å². The molecule has 0 unspecified atom stereocenters. The summed E-state index contributed by atoms with van der Waals surface area (Å²) in [6.07, 6.45) is 2.00. The van der Waals surface area contributed by atoms with Crippen LogP contribution in [-0.2, 0) is 16.6 Å². The van der Waals surface area contributed by atoms with E-state index in [0.717, 1.165) is 22.9 Å². The Balaban J connectivity index is 2.13. The first-order valence-electron chi connectivity index (χ1n) is 6.82. The van der Waals surface area contributed by atoms with Gasteiger partial charge in [-0.05, 0) is 23.8 Å². The van der Waals surface area contributed by atoms with Crippen molar-refractivity contribution in [3.8, 4) is 0 Å². The summed E-state index contributed by atoms with van der Waals surface area (Å²) < 4.78 is 0. The number of hydrogen-bond donors (Lipinski definition) is 2. The predicted molar refractivity (Wildman–Crippen MR) is 83.4 cm³/mol. The van der Waals surface area contributed by atoms with Gasteiger partial charge in [0.25, 0.3) is 0 Å². The molecule has 0 bridgehead atoms. The minimum absolute atomic E-state index is 0.0942. The van der Waals surface area contributed by atoms with Crippen molar-refractivity contribution >= 4 is 17.4 Å². The summed E-state index contributed by atoms with van der Waals surface area (Å²) >= 11 is 0. The Bertz CT molecular complexity index is 629. The van der Waals surface area contributed by atoms with Gasteiger partial charge >= 0.3 is 0 Å². The number of amides is 1. The van der Waals surface area contributed by atoms with E-state index in [1.165, 1.54) is 0 Å². The molecule has 2 rings (SSSR count). The lowest BCUT2D eigenvalue weighted by Crippen LogP contribution is -2.16. The molecule has 1 aromatic heterocycles. The fourth-order valence-electron chi connectivity index (χ4n) is 1.84. The molecular weight excluding hydrogens is 264 g/mol. The average Bonchev–Trinajstić information content (AvgIpc) is 2.40. The summed E-state index contributed by atoms with van der Waals surface area (Å²) in [6.45, 7) is 6.22. The standard InChI is InChI=1S/C16H20N4O/c1-16(2,3)15-18-9-8-14(20-15)19-12-6-4-11(5-7-12)10-13(17)21/h4-9H,10H2,1-3H3,(H2,17,21)(H,18,19,20). The lowest BCUT2D eigenvalue weighted by Gasteiger charge is -2.17. The first-order chi connectivity index (χ1) is 9.84. The van der Waals surface area contributed by atoms with E-state index in [9.17, 15) is 4.79 Å². The minimum atomic E-state index is -0.332. The Morgan fingerprint density at radius 2 is 1.86 bits per heavy atom. The number of carbonyl (C=O) groups is 1. The molecule has 0 spiro atoms. The van der Waals surface area contributed by atoms with Gasteiger partial charge in [-0.3, -0.25) is 4.79 Å². The third kappa shape index (κ3) is 4.27. The van der Waals surface area contributed by atoms with E-state index in [4.69, 9.17) is 5.73 Å². The Morgan fingerprint density at radius 1 is 1.19 bits per heavy atom. The van der Waals surface area contributed by atoms with Gasteiger partial charge in [-0.2, -0.15) is 0 Å². The van der Waals surface area contributed by atoms with E-state index < -0.39 is 0 Å². The molecule has 0 saturated heterocycles. The maximum Gasteiger partial charge on any atom is 0.221 e. The van der Waals surface area contributed by atoms with Gasteiger partial charge in [-0.25, -0.2) is 9.97 Å². The largest absolute Gasteiger partial charge is 0.369 e. The maximum atomic E-state index is 10.9. The van der Waals surface area contributed by atoms with E-state index >= 15 is 0 Å². The highest BCUT2D eigenvalue weighted by atomic mass is 16.1. The van der Waals surface area contributed by atoms with Crippen molar-refractivity contribution < 1.29 is 4.79 Å². The van der Waals surface area contributed by atoms with Crippen molar-refractivity contribution in [2.24, 2.45) is 5.73 Å². The zero-order valence-electron chi connectivity index (χ0n) is 12.6. The van der Waals surface area contributed by atoms with Crippen LogP contribution in [0, 0.1) is 0 Å². The molecular formula is C16H20N4O. The van der Waals surface area contributed by atoms with E-state index in [0.29, 0.717) is 0 Å². The molecule has 0 aliphatic heterocycles. The van der Waals surface area contributed by atoms with Crippen molar-refractivity contribution in [2.75, 3.05) is 5.32 Å². The quantitative estimate of drug-likeness (QED) is 0.904. The molecule has 0 saturated carbocycles. The molecule has 3 N–H and O–H groups in total. The third-order valence-corrected chi connectivity index (χ3v) is 2.93. The minimum Gasteiger partial charge on any atom is -0.369 e. The highest BCUT2D eigenvalue weighted by molar-refractivity contribution is 5.76. The van der Waals surface area contributed by atoms with Crippen molar-refractivity contribution in [2.45, 2.75) is 32.6 Å². The lowest BCUT2D eigenvalue weighted by atomic mass is 9.96. The molecule has 0 aliphatic rings. The number of nitrogens with one attached hydrogen (secondary N) is 1. The van der Waals surface area contributed by atoms with Gasteiger partial charge in [0.1, 0.15) is 11.6 Å². The van der Waals surface area contributed by atoms with Gasteiger partial charge in [-0.15, -0.1) is 0 Å². The monoisotopic (exact) mass is 284 g/mol. The highest BCUT2D eigenvalue weighted by Gasteiger charge is 2.17. The van der Waals surface area contributed by atoms with E-state index in [1.54, 1.807) is 6.20 Å². The fourth-order valence-corrected chi connectivity index (χ4v) is 1.84. The molecule has 5 nitrogen and oxygen atoms in total. The molecule has 0 atom stereocenters. The SMILES string of the molecule is CC(C)(C)c1nccc(Nc2ccc(CC(N)=O)cc2)n1. The lowest BCUT2D eigenvalue weighted by molar-refractivity contribution is -0.117. The van der Waals surface area contributed by atoms with E-state index in [1.807, 2.05) is 30.3 Å². The first-order valence-corrected chi connectivity index (χ1v) is 6.82. The second-order valence-electron chi connectivity index (χ2n) is 5.98. The van der Waals surface area contributed by atoms with Gasteiger partial charge in [0, 0.05) is 17.3 Å². The Hall–Kier alpha value is -2.43. The molecule has 0 aliphatic carbocycles. The van der Waals surface area contributed by atoms with Crippen LogP contribution in [0.5, 0.6) is 0 Å². The number of anilines is 2. The van der Waals surface area contributed by atoms with Crippen LogP contribution in [0.2, 0.25) is 0 Å². The summed E-state index contributed by atoms with van der Waals surface area (Å²) in [6, 6.07) is 9.37. The number of carbonyl (C=O) groups excluding carboxylic acids is 1. The molecule has 0 radical (unpaired) electrons. The number of nitrogens with zero attached hydrogens (tertiary/aromatic N) is 2. The summed E-state index contributed by atoms with van der Waals surface area (Å²) in [7, 11) is 0. The number of aromatic nitrogens is 2. The van der Waals surface area contributed by atoms with Crippen LogP contribution in [0.25, 0.3) is 0 Å². The second kappa shape index (κ2) is 5.91. The normalized spacial score (nSPS) is 11.2. The zero-order chi connectivity index (χ0) is 15.5. The van der Waals surface area contributed by atoms with Gasteiger partial charge < -0.3 is 11.1 Å². The summed E-state index contributed by atoms with van der Waals surface area (Å²) in [5, 5.41) is 3.23. The van der Waals surface area contributed by atoms with E-state index in [2.05, 4.69) is 36.1 Å². The fraction of sp³-hybridized carbons (Fsp3) is 0.312. The Kier molecular flexibility index (Phi) is 4.21. The maximum absolute atomic E-state index is 10.9. The van der Waals surface area contributed by atoms with Crippen LogP contribution >= 0.6 is 0 Å². The first kappa shape index (κ1) is 15.0. The predicted octanol–water partition coefficient (Wildman–Crippen LogP) is 2.55. The molecule has 110 valence electrons. The summed E-state index contributed by atoms with van der Waals surface area (Å²) in [4.78, 5) is 19.7. The molecule has 21 heavy (non-hydrogen) atoms. The average molecular weight is 284 g/mol. The third-order valence-electron chi connectivity index (χ3n) is 2.93. The van der Waals surface area contributed by atoms with Crippen LogP contribution < -0.4 is 11.1 Å². The van der Waals surface area contributed by atoms with Crippen LogP contribution in [-0.4, -0.2) is 15.9 Å². The van der Waals surface area contributed by atoms with Crippen LogP contribution in [0.3, 0.4) is 0 Å². The van der Waals surface area contributed by atoms with Crippen molar-refractivity contribution in [3.05, 3.63) is 47.9 Å². The number of rotatable bonds is 4. The van der Waals surface area contributed by atoms with Crippen molar-refractivity contribution in [1.82, 2.24) is 9.97 Å². The van der Waals surface area contributed by atoms with Crippen LogP contribution in [0.4, 0.5) is 11.5 Å². The van der Waals surface area contributed by atoms with Gasteiger partial charge in [0.15, 0.2) is 0 Å². The van der Waals surface area contributed by atoms with Gasteiger partial charge in [0.2, 0.25) is 5.91 Å². The summed E-state index contributed by atoms with van der Waals surface area (Å²) in [5.41, 5.74) is 6.88. The van der Waals surface area contributed by atoms with Gasteiger partial charge in [-0.1, -0.05) is 32.9 Å². The molecule has 2 aromatic rings. The zero-order valence-corrected chi connectivity index (χ0v) is 12.6. The Morgan fingerprint density at radius 3 is 2.43 bits per heavy atom. The topological polar surface area (TPSA) is 80.9 Å². The summed E-state index contributed by atoms with van der Waals surface area (Å²) in [5.74, 6) is 1.21. The number of benzene rings is 1. The van der Waals surface area contributed by atoms with Crippen molar-refractivity contribution in [1.29, 1.82) is 0 Å². The number of hydrogen-bond acceptors (Lipinski definition) is 4. The smallest absolute Gasteiger partial charge is 0.221 e. The molecule has 5 heteroatoms. The highest BCUT2D eigenvalue weighted by Crippen LogP contribution is 2.21. The Labute approximate surface area is 124 Å². The molecule has 0 fully saturated rings. The van der Waals surface area contributed by atoms with Crippen molar-refractivity contribution in [3.63, 3.8) is 0 Å². The molecule has 1 aromatic carbocycles. The van der Waals surface area contributed by atoms with Gasteiger partial charge in [0.05, 0.1) is 6.42 Å². The number of nitrogens with two attached hydrogens (primary N) is 1. The number of primary amides is 1. The molecule has 1 amide bonds. The molecule has 1 heterocycles. The van der Waals surface area contributed by atoms with Crippen LogP contribution in [0.15, 0.2) is 36.5 Å².